The first kappa shape index (κ1) is 28.9. The average molecular weight is 538 g/mol. The van der Waals surface area contributed by atoms with E-state index in [0.29, 0.717) is 22.6 Å². The van der Waals surface area contributed by atoms with Crippen molar-refractivity contribution in [2.24, 2.45) is 0 Å². The number of hydrogen-bond donors (Lipinski definition) is 3. The number of anilines is 1. The molecule has 9 heteroatoms. The van der Waals surface area contributed by atoms with E-state index in [1.54, 1.807) is 81.3 Å². The maximum absolute atomic E-state index is 14.0. The zero-order valence-corrected chi connectivity index (χ0v) is 23.1. The van der Waals surface area contributed by atoms with Gasteiger partial charge in [-0.25, -0.2) is 4.79 Å². The van der Waals surface area contributed by atoms with Gasteiger partial charge in [-0.1, -0.05) is 24.1 Å². The van der Waals surface area contributed by atoms with Gasteiger partial charge in [0.25, 0.3) is 5.91 Å². The summed E-state index contributed by atoms with van der Waals surface area (Å²) in [6, 6.07) is 11.7. The fourth-order valence-electron chi connectivity index (χ4n) is 4.17. The molecule has 0 heterocycles. The number of hydrogen-bond acceptors (Lipinski definition) is 6. The third kappa shape index (κ3) is 7.23. The van der Waals surface area contributed by atoms with Crippen molar-refractivity contribution in [3.63, 3.8) is 0 Å². The Morgan fingerprint density at radius 2 is 1.79 bits per heavy atom. The molecule has 1 aliphatic rings. The summed E-state index contributed by atoms with van der Waals surface area (Å²) < 4.78 is 10.6. The Morgan fingerprint density at radius 3 is 2.32 bits per heavy atom. The highest BCUT2D eigenvalue weighted by Crippen LogP contribution is 2.35. The fraction of sp³-hybridized carbons (Fsp3) is 0.414. The number of nitrogens with zero attached hydrogens (tertiary/aromatic N) is 1. The Balaban J connectivity index is 2.01. The SMILES string of the molecule is C#Cc1ccccc1C(C(=O)Nc1ccc(OC)cc1)N(C(=O)C(CS)NC(=O)OC(C)(C)C)C1CCC1. The van der Waals surface area contributed by atoms with E-state index in [1.165, 1.54) is 0 Å². The second-order valence-corrected chi connectivity index (χ2v) is 10.4. The van der Waals surface area contributed by atoms with Gasteiger partial charge in [0.15, 0.2) is 0 Å². The largest absolute Gasteiger partial charge is 0.497 e. The monoisotopic (exact) mass is 537 g/mol. The summed E-state index contributed by atoms with van der Waals surface area (Å²) >= 11 is 4.33. The number of rotatable bonds is 9. The first-order valence-corrected chi connectivity index (χ1v) is 13.1. The predicted molar refractivity (Wildman–Crippen MR) is 150 cm³/mol. The molecule has 3 amide bonds. The van der Waals surface area contributed by atoms with Crippen molar-refractivity contribution in [2.75, 3.05) is 18.2 Å². The van der Waals surface area contributed by atoms with E-state index in [9.17, 15) is 14.4 Å². The van der Waals surface area contributed by atoms with E-state index < -0.39 is 35.6 Å². The van der Waals surface area contributed by atoms with Crippen LogP contribution < -0.4 is 15.4 Å². The fourth-order valence-corrected chi connectivity index (χ4v) is 4.41. The lowest BCUT2D eigenvalue weighted by Crippen LogP contribution is -2.57. The number of terminal acetylenes is 1. The van der Waals surface area contributed by atoms with Gasteiger partial charge in [-0.3, -0.25) is 9.59 Å². The van der Waals surface area contributed by atoms with Gasteiger partial charge in [-0.2, -0.15) is 12.6 Å². The highest BCUT2D eigenvalue weighted by atomic mass is 32.1. The smallest absolute Gasteiger partial charge is 0.408 e. The Morgan fingerprint density at radius 1 is 1.13 bits per heavy atom. The molecular formula is C29H35N3O5S. The summed E-state index contributed by atoms with van der Waals surface area (Å²) in [7, 11) is 1.56. The van der Waals surface area contributed by atoms with Crippen LogP contribution >= 0.6 is 12.6 Å². The summed E-state index contributed by atoms with van der Waals surface area (Å²) in [4.78, 5) is 42.0. The second-order valence-electron chi connectivity index (χ2n) is 10.1. The molecule has 2 atom stereocenters. The molecule has 0 spiro atoms. The lowest BCUT2D eigenvalue weighted by atomic mass is 9.87. The van der Waals surface area contributed by atoms with Crippen LogP contribution in [0, 0.1) is 12.3 Å². The van der Waals surface area contributed by atoms with E-state index in [4.69, 9.17) is 15.9 Å². The Hall–Kier alpha value is -3.64. The average Bonchev–Trinajstić information content (AvgIpc) is 2.85. The molecule has 2 unspecified atom stereocenters. The molecule has 0 saturated heterocycles. The van der Waals surface area contributed by atoms with Gasteiger partial charge in [0, 0.05) is 23.0 Å². The minimum Gasteiger partial charge on any atom is -0.497 e. The van der Waals surface area contributed by atoms with Gasteiger partial charge < -0.3 is 25.0 Å². The molecule has 0 radical (unpaired) electrons. The second kappa shape index (κ2) is 12.7. The van der Waals surface area contributed by atoms with Crippen molar-refractivity contribution in [2.45, 2.75) is 63.8 Å². The van der Waals surface area contributed by atoms with Crippen LogP contribution in [0.5, 0.6) is 5.75 Å². The third-order valence-corrected chi connectivity index (χ3v) is 6.55. The van der Waals surface area contributed by atoms with Gasteiger partial charge in [0.1, 0.15) is 23.4 Å². The predicted octanol–water partition coefficient (Wildman–Crippen LogP) is 4.56. The molecule has 0 aromatic heterocycles. The van der Waals surface area contributed by atoms with Crippen LogP contribution in [0.2, 0.25) is 0 Å². The molecule has 2 aromatic rings. The maximum atomic E-state index is 14.0. The summed E-state index contributed by atoms with van der Waals surface area (Å²) in [5.41, 5.74) is 0.824. The minimum atomic E-state index is -1.04. The van der Waals surface area contributed by atoms with E-state index in [0.717, 1.165) is 19.3 Å². The number of nitrogens with one attached hydrogen (secondary N) is 2. The van der Waals surface area contributed by atoms with Gasteiger partial charge >= 0.3 is 6.09 Å². The number of carbonyl (C=O) groups is 3. The van der Waals surface area contributed by atoms with Crippen molar-refractivity contribution in [1.82, 2.24) is 10.2 Å². The van der Waals surface area contributed by atoms with Crippen LogP contribution in [0.1, 0.15) is 57.2 Å². The van der Waals surface area contributed by atoms with Gasteiger partial charge in [-0.15, -0.1) is 6.42 Å². The molecule has 38 heavy (non-hydrogen) atoms. The van der Waals surface area contributed by atoms with Crippen LogP contribution in [0.15, 0.2) is 48.5 Å². The Bertz CT molecular complexity index is 1180. The third-order valence-electron chi connectivity index (χ3n) is 6.19. The first-order chi connectivity index (χ1) is 18.1. The van der Waals surface area contributed by atoms with Crippen molar-refractivity contribution in [3.8, 4) is 18.1 Å². The summed E-state index contributed by atoms with van der Waals surface area (Å²) in [6.07, 6.45) is 7.43. The van der Waals surface area contributed by atoms with Gasteiger partial charge in [-0.05, 0) is 75.9 Å². The number of alkyl carbamates (subject to hydrolysis) is 1. The van der Waals surface area contributed by atoms with Gasteiger partial charge in [0.2, 0.25) is 5.91 Å². The van der Waals surface area contributed by atoms with Crippen LogP contribution in [0.3, 0.4) is 0 Å². The van der Waals surface area contributed by atoms with Crippen LogP contribution in [-0.4, -0.2) is 53.4 Å². The summed E-state index contributed by atoms with van der Waals surface area (Å²) in [5.74, 6) is 2.45. The minimum absolute atomic E-state index is 0.0188. The normalized spacial score (nSPS) is 14.7. The molecule has 202 valence electrons. The zero-order chi connectivity index (χ0) is 27.9. The van der Waals surface area contributed by atoms with Crippen molar-refractivity contribution < 1.29 is 23.9 Å². The molecule has 1 saturated carbocycles. The van der Waals surface area contributed by atoms with Crippen LogP contribution in [0.4, 0.5) is 10.5 Å². The van der Waals surface area contributed by atoms with Crippen LogP contribution in [-0.2, 0) is 14.3 Å². The topological polar surface area (TPSA) is 97.0 Å². The quantitative estimate of drug-likeness (QED) is 0.322. The highest BCUT2D eigenvalue weighted by molar-refractivity contribution is 7.80. The van der Waals surface area contributed by atoms with E-state index in [1.807, 2.05) is 0 Å². The molecule has 2 N–H and O–H groups in total. The van der Waals surface area contributed by atoms with Gasteiger partial charge in [0.05, 0.1) is 7.11 Å². The summed E-state index contributed by atoms with van der Waals surface area (Å²) in [6.45, 7) is 5.21. The molecule has 0 aliphatic heterocycles. The highest BCUT2D eigenvalue weighted by Gasteiger charge is 2.42. The molecule has 3 rings (SSSR count). The Kier molecular flexibility index (Phi) is 9.70. The number of ether oxygens (including phenoxy) is 2. The van der Waals surface area contributed by atoms with Crippen molar-refractivity contribution in [3.05, 3.63) is 59.7 Å². The number of amides is 3. The number of benzene rings is 2. The molecule has 1 aliphatic carbocycles. The van der Waals surface area contributed by atoms with Crippen molar-refractivity contribution >= 4 is 36.2 Å². The summed E-state index contributed by atoms with van der Waals surface area (Å²) in [5, 5.41) is 5.55. The van der Waals surface area contributed by atoms with Crippen molar-refractivity contribution in [1.29, 1.82) is 0 Å². The number of methoxy groups -OCH3 is 1. The van der Waals surface area contributed by atoms with E-state index in [2.05, 4.69) is 29.2 Å². The van der Waals surface area contributed by atoms with Crippen LogP contribution in [0.25, 0.3) is 0 Å². The van der Waals surface area contributed by atoms with E-state index in [-0.39, 0.29) is 11.8 Å². The molecular weight excluding hydrogens is 502 g/mol. The molecule has 0 bridgehead atoms. The first-order valence-electron chi connectivity index (χ1n) is 12.5. The van der Waals surface area contributed by atoms with E-state index >= 15 is 0 Å². The lowest BCUT2D eigenvalue weighted by molar-refractivity contribution is -0.145. The molecule has 2 aromatic carbocycles. The number of carbonyl (C=O) groups excluding carboxylic acids is 3. The zero-order valence-electron chi connectivity index (χ0n) is 22.2. The molecule has 1 fully saturated rings. The maximum Gasteiger partial charge on any atom is 0.408 e. The Labute approximate surface area is 229 Å². The number of thiol groups is 1. The molecule has 8 nitrogen and oxygen atoms in total. The lowest BCUT2D eigenvalue weighted by Gasteiger charge is -2.43. The standard InChI is InChI=1S/C29H35N3O5S/c1-6-19-10-7-8-13-23(19)25(26(33)30-20-14-16-22(36-5)17-15-20)32(21-11-9-12-21)27(34)24(18-38)31-28(35)37-29(2,3)4/h1,7-8,10,13-17,21,24-25,38H,9,11-12,18H2,2-5H3,(H,30,33)(H,31,35).